The Morgan fingerprint density at radius 1 is 1.12 bits per heavy atom. The molecule has 0 spiro atoms. The third-order valence-electron chi connectivity index (χ3n) is 3.51. The van der Waals surface area contributed by atoms with Gasteiger partial charge in [0.1, 0.15) is 0 Å². The first-order valence-corrected chi connectivity index (χ1v) is 9.49. The summed E-state index contributed by atoms with van der Waals surface area (Å²) in [5, 5.41) is 7.59. The number of carbonyl (C=O) groups is 2. The van der Waals surface area contributed by atoms with Crippen molar-refractivity contribution in [3.63, 3.8) is 0 Å². The fourth-order valence-electron chi connectivity index (χ4n) is 2.13. The topological polar surface area (TPSA) is 80.3 Å². The van der Waals surface area contributed by atoms with Crippen LogP contribution in [0.25, 0.3) is 0 Å². The quantitative estimate of drug-likeness (QED) is 0.738. The predicted octanol–water partition coefficient (Wildman–Crippen LogP) is 4.65. The van der Waals surface area contributed by atoms with Gasteiger partial charge < -0.3 is 10.1 Å². The third-order valence-corrected chi connectivity index (χ3v) is 4.32. The van der Waals surface area contributed by atoms with E-state index in [0.29, 0.717) is 23.4 Å². The summed E-state index contributed by atoms with van der Waals surface area (Å²) in [6, 6.07) is 7.81. The van der Waals surface area contributed by atoms with E-state index in [1.54, 1.807) is 5.38 Å². The molecule has 2 amide bonds. The largest absolute Gasteiger partial charge is 0.449 e. The van der Waals surface area contributed by atoms with Gasteiger partial charge in [0.25, 0.3) is 0 Å². The summed E-state index contributed by atoms with van der Waals surface area (Å²) in [5.74, 6) is 0.570. The molecule has 0 aliphatic carbocycles. The van der Waals surface area contributed by atoms with Gasteiger partial charge in [0.05, 0.1) is 18.7 Å². The second kappa shape index (κ2) is 9.33. The average Bonchev–Trinajstić information content (AvgIpc) is 3.00. The number of ether oxygens (including phenoxy) is 1. The zero-order valence-corrected chi connectivity index (χ0v) is 16.4. The molecular weight excluding hydrogens is 350 g/mol. The molecule has 0 radical (unpaired) electrons. The van der Waals surface area contributed by atoms with Crippen LogP contribution in [0.1, 0.15) is 44.9 Å². The fraction of sp³-hybridized carbons (Fsp3) is 0.421. The van der Waals surface area contributed by atoms with E-state index in [1.807, 2.05) is 38.1 Å². The second-order valence-electron chi connectivity index (χ2n) is 6.76. The highest BCUT2D eigenvalue weighted by Crippen LogP contribution is 2.19. The Hall–Kier alpha value is -2.41. The summed E-state index contributed by atoms with van der Waals surface area (Å²) in [6.07, 6.45) is -0.389. The minimum Gasteiger partial charge on any atom is -0.449 e. The Balaban J connectivity index is 1.84. The molecule has 2 aromatic rings. The van der Waals surface area contributed by atoms with Gasteiger partial charge >= 0.3 is 6.09 Å². The van der Waals surface area contributed by atoms with E-state index in [2.05, 4.69) is 29.5 Å². The van der Waals surface area contributed by atoms with Crippen molar-refractivity contribution in [2.24, 2.45) is 5.92 Å². The highest BCUT2D eigenvalue weighted by atomic mass is 32.1. The molecule has 0 fully saturated rings. The maximum absolute atomic E-state index is 12.2. The first-order chi connectivity index (χ1) is 12.3. The van der Waals surface area contributed by atoms with Crippen LogP contribution in [-0.4, -0.2) is 23.6 Å². The standard InChI is InChI=1S/C19H25N3O3S/c1-12(2)10-25-19(24)22-18-21-16(11-26-18)9-17(23)20-15-7-5-14(6-8-15)13(3)4/h5-8,11-13H,9-10H2,1-4H3,(H,20,23)(H,21,22,24). The van der Waals surface area contributed by atoms with Crippen LogP contribution in [0.15, 0.2) is 29.6 Å². The Kier molecular flexibility index (Phi) is 7.15. The van der Waals surface area contributed by atoms with Crippen molar-refractivity contribution in [3.05, 3.63) is 40.9 Å². The van der Waals surface area contributed by atoms with Crippen LogP contribution in [0.4, 0.5) is 15.6 Å². The molecule has 140 valence electrons. The second-order valence-corrected chi connectivity index (χ2v) is 7.62. The van der Waals surface area contributed by atoms with E-state index in [9.17, 15) is 9.59 Å². The highest BCUT2D eigenvalue weighted by molar-refractivity contribution is 7.13. The minimum absolute atomic E-state index is 0.144. The summed E-state index contributed by atoms with van der Waals surface area (Å²) in [6.45, 7) is 8.52. The van der Waals surface area contributed by atoms with Crippen molar-refractivity contribution in [2.45, 2.75) is 40.0 Å². The molecule has 0 aliphatic rings. The van der Waals surface area contributed by atoms with Crippen LogP contribution in [-0.2, 0) is 16.0 Å². The number of hydrogen-bond acceptors (Lipinski definition) is 5. The van der Waals surface area contributed by atoms with Crippen LogP contribution < -0.4 is 10.6 Å². The molecular formula is C19H25N3O3S. The van der Waals surface area contributed by atoms with Crippen molar-refractivity contribution in [1.29, 1.82) is 0 Å². The molecule has 0 saturated carbocycles. The van der Waals surface area contributed by atoms with Gasteiger partial charge in [0.15, 0.2) is 5.13 Å². The first kappa shape index (κ1) is 19.9. The van der Waals surface area contributed by atoms with E-state index >= 15 is 0 Å². The molecule has 1 heterocycles. The Bertz CT molecular complexity index is 739. The monoisotopic (exact) mass is 375 g/mol. The normalized spacial score (nSPS) is 10.8. The fourth-order valence-corrected chi connectivity index (χ4v) is 2.83. The van der Waals surface area contributed by atoms with E-state index in [4.69, 9.17) is 4.74 Å². The van der Waals surface area contributed by atoms with Gasteiger partial charge in [-0.05, 0) is 29.5 Å². The summed E-state index contributed by atoms with van der Waals surface area (Å²) >= 11 is 1.26. The molecule has 2 rings (SSSR count). The third kappa shape index (κ3) is 6.48. The van der Waals surface area contributed by atoms with Gasteiger partial charge in [-0.15, -0.1) is 11.3 Å². The number of rotatable bonds is 7. The van der Waals surface area contributed by atoms with Crippen LogP contribution in [0, 0.1) is 5.92 Å². The number of amides is 2. The lowest BCUT2D eigenvalue weighted by Crippen LogP contribution is -2.17. The van der Waals surface area contributed by atoms with Crippen molar-refractivity contribution in [2.75, 3.05) is 17.2 Å². The summed E-state index contributed by atoms with van der Waals surface area (Å²) < 4.78 is 5.04. The Labute approximate surface area is 158 Å². The van der Waals surface area contributed by atoms with Gasteiger partial charge in [-0.2, -0.15) is 0 Å². The van der Waals surface area contributed by atoms with Crippen LogP contribution in [0.5, 0.6) is 0 Å². The molecule has 0 aliphatic heterocycles. The molecule has 1 aromatic heterocycles. The number of thiazole rings is 1. The van der Waals surface area contributed by atoms with Gasteiger partial charge in [0, 0.05) is 11.1 Å². The zero-order chi connectivity index (χ0) is 19.1. The number of hydrogen-bond donors (Lipinski definition) is 2. The van der Waals surface area contributed by atoms with Crippen molar-refractivity contribution in [1.82, 2.24) is 4.98 Å². The number of aromatic nitrogens is 1. The lowest BCUT2D eigenvalue weighted by molar-refractivity contribution is -0.115. The first-order valence-electron chi connectivity index (χ1n) is 8.61. The molecule has 0 unspecified atom stereocenters. The maximum Gasteiger partial charge on any atom is 0.413 e. The van der Waals surface area contributed by atoms with Crippen LogP contribution >= 0.6 is 11.3 Å². The average molecular weight is 375 g/mol. The van der Waals surface area contributed by atoms with E-state index < -0.39 is 6.09 Å². The zero-order valence-electron chi connectivity index (χ0n) is 15.5. The van der Waals surface area contributed by atoms with Gasteiger partial charge in [-0.3, -0.25) is 10.1 Å². The lowest BCUT2D eigenvalue weighted by Gasteiger charge is -2.08. The number of anilines is 2. The van der Waals surface area contributed by atoms with Crippen molar-refractivity contribution >= 4 is 34.2 Å². The summed E-state index contributed by atoms with van der Waals surface area (Å²) in [4.78, 5) is 28.0. The minimum atomic E-state index is -0.533. The molecule has 0 atom stereocenters. The van der Waals surface area contributed by atoms with E-state index in [-0.39, 0.29) is 18.2 Å². The molecule has 0 bridgehead atoms. The maximum atomic E-state index is 12.2. The molecule has 2 N–H and O–H groups in total. The Morgan fingerprint density at radius 3 is 2.42 bits per heavy atom. The van der Waals surface area contributed by atoms with Gasteiger partial charge in [-0.25, -0.2) is 9.78 Å². The van der Waals surface area contributed by atoms with E-state index in [0.717, 1.165) is 5.69 Å². The molecule has 0 saturated heterocycles. The SMILES string of the molecule is CC(C)COC(=O)Nc1nc(CC(=O)Nc2ccc(C(C)C)cc2)cs1. The molecule has 26 heavy (non-hydrogen) atoms. The molecule has 1 aromatic carbocycles. The lowest BCUT2D eigenvalue weighted by atomic mass is 10.0. The molecule has 6 nitrogen and oxygen atoms in total. The number of nitrogens with zero attached hydrogens (tertiary/aromatic N) is 1. The van der Waals surface area contributed by atoms with Gasteiger partial charge in [-0.1, -0.05) is 39.8 Å². The smallest absolute Gasteiger partial charge is 0.413 e. The molecule has 7 heteroatoms. The number of nitrogens with one attached hydrogen (secondary N) is 2. The van der Waals surface area contributed by atoms with Crippen molar-refractivity contribution < 1.29 is 14.3 Å². The van der Waals surface area contributed by atoms with E-state index in [1.165, 1.54) is 16.9 Å². The Morgan fingerprint density at radius 2 is 1.81 bits per heavy atom. The van der Waals surface area contributed by atoms with Crippen LogP contribution in [0.3, 0.4) is 0 Å². The summed E-state index contributed by atoms with van der Waals surface area (Å²) in [5.41, 5.74) is 2.58. The number of benzene rings is 1. The van der Waals surface area contributed by atoms with Gasteiger partial charge in [0.2, 0.25) is 5.91 Å². The number of carbonyl (C=O) groups excluding carboxylic acids is 2. The summed E-state index contributed by atoms with van der Waals surface area (Å²) in [7, 11) is 0. The van der Waals surface area contributed by atoms with Crippen LogP contribution in [0.2, 0.25) is 0 Å². The highest BCUT2D eigenvalue weighted by Gasteiger charge is 2.11. The van der Waals surface area contributed by atoms with Crippen molar-refractivity contribution in [3.8, 4) is 0 Å². The predicted molar refractivity (Wildman–Crippen MR) is 105 cm³/mol.